The highest BCUT2D eigenvalue weighted by Crippen LogP contribution is 2.28. The summed E-state index contributed by atoms with van der Waals surface area (Å²) in [7, 11) is 2.11. The molecule has 0 unspecified atom stereocenters. The fourth-order valence-electron chi connectivity index (χ4n) is 5.84. The van der Waals surface area contributed by atoms with Crippen LogP contribution in [0.3, 0.4) is 0 Å². The third-order valence-electron chi connectivity index (χ3n) is 8.35. The van der Waals surface area contributed by atoms with E-state index in [1.54, 1.807) is 23.1 Å². The molecule has 232 valence electrons. The van der Waals surface area contributed by atoms with Crippen LogP contribution in [0.5, 0.6) is 5.75 Å². The number of carbonyl (C=O) groups excluding carboxylic acids is 2. The summed E-state index contributed by atoms with van der Waals surface area (Å²) in [5.74, 6) is 0.312. The quantitative estimate of drug-likeness (QED) is 0.391. The van der Waals surface area contributed by atoms with Crippen molar-refractivity contribution in [3.8, 4) is 5.75 Å². The highest BCUT2D eigenvalue weighted by atomic mass is 16.5. The standard InChI is InChI=1S/C32H54N4O5/c1-6-17-35(5)21-30-23(2)20-36(24(3)22-37)31(38)28-19-27(34-32(39)33-26-13-8-7-9-14-26)15-16-29(28)41-25(4)12-10-11-18-40-30/h15-16,19,23-26,30,37H,6-14,17-18,20-22H2,1-5H3,(H2,33,34,39)/t23-,24-,25-,30-/m0/s1. The zero-order valence-electron chi connectivity index (χ0n) is 26.0. The van der Waals surface area contributed by atoms with Crippen molar-refractivity contribution in [3.05, 3.63) is 23.8 Å². The number of likely N-dealkylation sites (N-methyl/N-ethyl adjacent to an activating group) is 1. The van der Waals surface area contributed by atoms with Crippen LogP contribution in [-0.2, 0) is 4.74 Å². The van der Waals surface area contributed by atoms with Gasteiger partial charge in [-0.15, -0.1) is 0 Å². The minimum atomic E-state index is -0.400. The van der Waals surface area contributed by atoms with Crippen LogP contribution in [0.25, 0.3) is 0 Å². The maximum atomic E-state index is 14.2. The predicted octanol–water partition coefficient (Wildman–Crippen LogP) is 5.28. The maximum absolute atomic E-state index is 14.2. The largest absolute Gasteiger partial charge is 0.490 e. The first kappa shape index (κ1) is 33.1. The second kappa shape index (κ2) is 16.9. The molecule has 1 aromatic rings. The summed E-state index contributed by atoms with van der Waals surface area (Å²) in [6.45, 7) is 10.9. The number of benzene rings is 1. The minimum Gasteiger partial charge on any atom is -0.490 e. The lowest BCUT2D eigenvalue weighted by Gasteiger charge is -2.35. The number of hydrogen-bond donors (Lipinski definition) is 3. The van der Waals surface area contributed by atoms with Crippen molar-refractivity contribution in [2.45, 2.75) is 110 Å². The molecule has 1 saturated carbocycles. The summed E-state index contributed by atoms with van der Waals surface area (Å²) in [5, 5.41) is 16.1. The SMILES string of the molecule is CCCN(C)C[C@@H]1OCCCC[C@H](C)Oc2ccc(NC(=O)NC3CCCCC3)cc2C(=O)N([C@@H](C)CO)C[C@@H]1C. The molecule has 3 N–H and O–H groups in total. The zero-order chi connectivity index (χ0) is 29.8. The van der Waals surface area contributed by atoms with Crippen molar-refractivity contribution in [1.82, 2.24) is 15.1 Å². The van der Waals surface area contributed by atoms with Gasteiger partial charge in [0.2, 0.25) is 0 Å². The van der Waals surface area contributed by atoms with Gasteiger partial charge in [0.05, 0.1) is 30.4 Å². The van der Waals surface area contributed by atoms with E-state index in [1.165, 1.54) is 6.42 Å². The molecule has 1 aliphatic carbocycles. The minimum absolute atomic E-state index is 0.0414. The molecule has 1 aromatic carbocycles. The Morgan fingerprint density at radius 3 is 2.59 bits per heavy atom. The van der Waals surface area contributed by atoms with Crippen LogP contribution in [0.1, 0.15) is 95.8 Å². The average molecular weight is 575 g/mol. The normalized spacial score (nSPS) is 24.2. The van der Waals surface area contributed by atoms with E-state index in [0.717, 1.165) is 64.5 Å². The Bertz CT molecular complexity index is 954. The van der Waals surface area contributed by atoms with Crippen LogP contribution in [0.4, 0.5) is 10.5 Å². The summed E-state index contributed by atoms with van der Waals surface area (Å²) in [4.78, 5) is 31.0. The number of anilines is 1. The zero-order valence-corrected chi connectivity index (χ0v) is 26.0. The van der Waals surface area contributed by atoms with Gasteiger partial charge in [-0.05, 0) is 84.2 Å². The van der Waals surface area contributed by atoms with Crippen molar-refractivity contribution >= 4 is 17.6 Å². The molecule has 9 nitrogen and oxygen atoms in total. The number of ether oxygens (including phenoxy) is 2. The van der Waals surface area contributed by atoms with Crippen LogP contribution in [0, 0.1) is 5.92 Å². The third kappa shape index (κ3) is 10.5. The van der Waals surface area contributed by atoms with Crippen molar-refractivity contribution in [2.24, 2.45) is 5.92 Å². The molecule has 1 heterocycles. The number of fused-ring (bicyclic) bond motifs is 1. The van der Waals surface area contributed by atoms with Gasteiger partial charge in [-0.25, -0.2) is 4.79 Å². The number of aliphatic hydroxyl groups excluding tert-OH is 1. The molecule has 2 aliphatic rings. The van der Waals surface area contributed by atoms with Crippen LogP contribution in [-0.4, -0.2) is 91.0 Å². The van der Waals surface area contributed by atoms with Gasteiger partial charge in [-0.3, -0.25) is 4.79 Å². The van der Waals surface area contributed by atoms with Crippen LogP contribution in [0.15, 0.2) is 18.2 Å². The molecule has 0 bridgehead atoms. The molecule has 4 atom stereocenters. The smallest absolute Gasteiger partial charge is 0.319 e. The van der Waals surface area contributed by atoms with Crippen LogP contribution >= 0.6 is 0 Å². The second-order valence-corrected chi connectivity index (χ2v) is 12.2. The summed E-state index contributed by atoms with van der Waals surface area (Å²) in [5.41, 5.74) is 0.923. The number of aliphatic hydroxyl groups is 1. The summed E-state index contributed by atoms with van der Waals surface area (Å²) in [6, 6.07) is 4.80. The molecular formula is C32H54N4O5. The van der Waals surface area contributed by atoms with Crippen LogP contribution in [0.2, 0.25) is 0 Å². The Hall–Kier alpha value is -2.36. The molecular weight excluding hydrogens is 520 g/mol. The third-order valence-corrected chi connectivity index (χ3v) is 8.35. The molecule has 3 amide bonds. The molecule has 41 heavy (non-hydrogen) atoms. The fraction of sp³-hybridized carbons (Fsp3) is 0.750. The highest BCUT2D eigenvalue weighted by molar-refractivity contribution is 5.99. The van der Waals surface area contributed by atoms with Gasteiger partial charge in [0.15, 0.2) is 0 Å². The Kier molecular flexibility index (Phi) is 13.7. The molecule has 3 rings (SSSR count). The molecule has 0 aromatic heterocycles. The van der Waals surface area contributed by atoms with Gasteiger partial charge in [0.25, 0.3) is 5.91 Å². The fourth-order valence-corrected chi connectivity index (χ4v) is 5.84. The van der Waals surface area contributed by atoms with E-state index < -0.39 is 6.04 Å². The summed E-state index contributed by atoms with van der Waals surface area (Å²) >= 11 is 0. The molecule has 1 fully saturated rings. The Labute approximate surface area is 247 Å². The van der Waals surface area contributed by atoms with Crippen molar-refractivity contribution < 1.29 is 24.2 Å². The van der Waals surface area contributed by atoms with E-state index in [2.05, 4.69) is 36.4 Å². The molecule has 0 spiro atoms. The number of hydrogen-bond acceptors (Lipinski definition) is 6. The topological polar surface area (TPSA) is 103 Å². The predicted molar refractivity (Wildman–Crippen MR) is 164 cm³/mol. The first-order valence-corrected chi connectivity index (χ1v) is 15.8. The van der Waals surface area contributed by atoms with Gasteiger partial charge in [0.1, 0.15) is 5.75 Å². The Morgan fingerprint density at radius 2 is 1.88 bits per heavy atom. The Balaban J connectivity index is 1.89. The second-order valence-electron chi connectivity index (χ2n) is 12.2. The van der Waals surface area contributed by atoms with Crippen molar-refractivity contribution in [3.63, 3.8) is 0 Å². The lowest BCUT2D eigenvalue weighted by atomic mass is 9.96. The van der Waals surface area contributed by atoms with Gasteiger partial charge < -0.3 is 35.0 Å². The first-order chi connectivity index (χ1) is 19.7. The number of nitrogens with one attached hydrogen (secondary N) is 2. The number of carbonyl (C=O) groups is 2. The van der Waals surface area contributed by atoms with E-state index in [0.29, 0.717) is 30.2 Å². The van der Waals surface area contributed by atoms with E-state index in [-0.39, 0.29) is 42.7 Å². The number of rotatable bonds is 8. The monoisotopic (exact) mass is 574 g/mol. The maximum Gasteiger partial charge on any atom is 0.319 e. The summed E-state index contributed by atoms with van der Waals surface area (Å²) < 4.78 is 12.7. The van der Waals surface area contributed by atoms with E-state index in [1.807, 2.05) is 13.8 Å². The number of amides is 3. The lowest BCUT2D eigenvalue weighted by Crippen LogP contribution is -2.47. The van der Waals surface area contributed by atoms with Crippen molar-refractivity contribution in [1.29, 1.82) is 0 Å². The van der Waals surface area contributed by atoms with Gasteiger partial charge in [0, 0.05) is 37.3 Å². The van der Waals surface area contributed by atoms with Crippen LogP contribution < -0.4 is 15.4 Å². The molecule has 0 saturated heterocycles. The number of urea groups is 1. The van der Waals surface area contributed by atoms with Gasteiger partial charge in [-0.2, -0.15) is 0 Å². The average Bonchev–Trinajstić information content (AvgIpc) is 2.95. The van der Waals surface area contributed by atoms with E-state index in [9.17, 15) is 14.7 Å². The summed E-state index contributed by atoms with van der Waals surface area (Å²) in [6.07, 6.45) is 9.14. The van der Waals surface area contributed by atoms with E-state index >= 15 is 0 Å². The number of nitrogens with zero attached hydrogens (tertiary/aromatic N) is 2. The Morgan fingerprint density at radius 1 is 1.15 bits per heavy atom. The molecule has 0 radical (unpaired) electrons. The van der Waals surface area contributed by atoms with Gasteiger partial charge >= 0.3 is 6.03 Å². The molecule has 9 heteroatoms. The van der Waals surface area contributed by atoms with Crippen molar-refractivity contribution in [2.75, 3.05) is 45.2 Å². The van der Waals surface area contributed by atoms with Gasteiger partial charge in [-0.1, -0.05) is 33.1 Å². The first-order valence-electron chi connectivity index (χ1n) is 15.8. The lowest BCUT2D eigenvalue weighted by molar-refractivity contribution is -0.0167. The highest BCUT2D eigenvalue weighted by Gasteiger charge is 2.30. The van der Waals surface area contributed by atoms with E-state index in [4.69, 9.17) is 9.47 Å². The molecule has 1 aliphatic heterocycles.